The van der Waals surface area contributed by atoms with E-state index in [-0.39, 0.29) is 0 Å². The lowest BCUT2D eigenvalue weighted by Crippen LogP contribution is -2.25. The third-order valence-corrected chi connectivity index (χ3v) is 4.39. The average molecular weight is 297 g/mol. The summed E-state index contributed by atoms with van der Waals surface area (Å²) in [5.74, 6) is 2.02. The highest BCUT2D eigenvalue weighted by molar-refractivity contribution is 9.10. The van der Waals surface area contributed by atoms with Crippen molar-refractivity contribution in [2.24, 2.45) is 11.8 Å². The van der Waals surface area contributed by atoms with Gasteiger partial charge in [-0.05, 0) is 43.1 Å². The summed E-state index contributed by atoms with van der Waals surface area (Å²) in [4.78, 5) is 2.46. The van der Waals surface area contributed by atoms with Crippen LogP contribution >= 0.6 is 15.9 Å². The molecule has 0 aliphatic carbocycles. The van der Waals surface area contributed by atoms with E-state index >= 15 is 0 Å². The minimum Gasteiger partial charge on any atom is -0.508 e. The normalized spacial score (nSPS) is 28.5. The molecule has 0 bridgehead atoms. The number of phenolic OH excluding ortho intramolecular Hbond substituents is 1. The molecule has 1 aromatic rings. The summed E-state index contributed by atoms with van der Waals surface area (Å²) in [5.41, 5.74) is 1.02. The highest BCUT2D eigenvalue weighted by Gasteiger charge is 2.35. The van der Waals surface area contributed by atoms with Crippen molar-refractivity contribution in [3.63, 3.8) is 0 Å². The Morgan fingerprint density at radius 1 is 1.29 bits per heavy atom. The van der Waals surface area contributed by atoms with Gasteiger partial charge in [0.2, 0.25) is 0 Å². The van der Waals surface area contributed by atoms with Crippen molar-refractivity contribution in [2.45, 2.75) is 6.54 Å². The molecule has 4 heteroatoms. The first kappa shape index (κ1) is 11.5. The molecular formula is C13H17BrN2O. The fourth-order valence-electron chi connectivity index (χ4n) is 3.00. The smallest absolute Gasteiger partial charge is 0.120 e. The molecule has 2 aliphatic rings. The molecule has 17 heavy (non-hydrogen) atoms. The Balaban J connectivity index is 1.69. The van der Waals surface area contributed by atoms with E-state index in [1.807, 2.05) is 12.1 Å². The maximum absolute atomic E-state index is 9.84. The monoisotopic (exact) mass is 296 g/mol. The Hall–Kier alpha value is -0.580. The quantitative estimate of drug-likeness (QED) is 0.874. The Morgan fingerprint density at radius 3 is 2.71 bits per heavy atom. The van der Waals surface area contributed by atoms with Gasteiger partial charge in [0.05, 0.1) is 0 Å². The van der Waals surface area contributed by atoms with E-state index in [0.29, 0.717) is 5.75 Å². The number of hydrogen-bond acceptors (Lipinski definition) is 3. The lowest BCUT2D eigenvalue weighted by molar-refractivity contribution is 0.300. The number of aromatic hydroxyl groups is 1. The highest BCUT2D eigenvalue weighted by atomic mass is 79.9. The van der Waals surface area contributed by atoms with Crippen LogP contribution in [-0.4, -0.2) is 36.2 Å². The summed E-state index contributed by atoms with van der Waals surface area (Å²) in [5, 5.41) is 13.3. The van der Waals surface area contributed by atoms with Crippen LogP contribution in [0.15, 0.2) is 22.7 Å². The molecular weight excluding hydrogens is 280 g/mol. The van der Waals surface area contributed by atoms with Crippen LogP contribution in [0.1, 0.15) is 5.56 Å². The predicted molar refractivity (Wildman–Crippen MR) is 70.9 cm³/mol. The summed E-state index contributed by atoms with van der Waals surface area (Å²) in [7, 11) is 0. The molecule has 0 aromatic heterocycles. The molecule has 0 saturated carbocycles. The van der Waals surface area contributed by atoms with E-state index in [2.05, 4.69) is 26.1 Å². The SMILES string of the molecule is Oc1ccc(Br)cc1CN1C[C@H]2CNC[C@H]2C1. The van der Waals surface area contributed by atoms with Gasteiger partial charge < -0.3 is 10.4 Å². The molecule has 0 radical (unpaired) electrons. The summed E-state index contributed by atoms with van der Waals surface area (Å²) in [6, 6.07) is 5.65. The van der Waals surface area contributed by atoms with Gasteiger partial charge in [-0.25, -0.2) is 0 Å². The molecule has 1 aromatic carbocycles. The zero-order valence-electron chi connectivity index (χ0n) is 9.69. The van der Waals surface area contributed by atoms with Crippen molar-refractivity contribution in [3.8, 4) is 5.75 Å². The number of halogens is 1. The van der Waals surface area contributed by atoms with Crippen LogP contribution in [0.25, 0.3) is 0 Å². The number of hydrogen-bond donors (Lipinski definition) is 2. The number of nitrogens with one attached hydrogen (secondary N) is 1. The molecule has 2 N–H and O–H groups in total. The molecule has 0 unspecified atom stereocenters. The first-order chi connectivity index (χ1) is 8.22. The highest BCUT2D eigenvalue weighted by Crippen LogP contribution is 2.30. The molecule has 2 aliphatic heterocycles. The number of benzene rings is 1. The number of phenols is 1. The fourth-order valence-corrected chi connectivity index (χ4v) is 3.41. The van der Waals surface area contributed by atoms with E-state index in [9.17, 15) is 5.11 Å². The van der Waals surface area contributed by atoms with Crippen molar-refractivity contribution in [1.82, 2.24) is 10.2 Å². The van der Waals surface area contributed by atoms with Crippen LogP contribution in [0.3, 0.4) is 0 Å². The van der Waals surface area contributed by atoms with Gasteiger partial charge >= 0.3 is 0 Å². The zero-order chi connectivity index (χ0) is 11.8. The van der Waals surface area contributed by atoms with E-state index in [0.717, 1.165) is 54.6 Å². The first-order valence-electron chi connectivity index (χ1n) is 6.13. The lowest BCUT2D eigenvalue weighted by Gasteiger charge is -2.17. The molecule has 0 spiro atoms. The summed E-state index contributed by atoms with van der Waals surface area (Å²) >= 11 is 3.45. The molecule has 3 nitrogen and oxygen atoms in total. The van der Waals surface area contributed by atoms with Crippen LogP contribution < -0.4 is 5.32 Å². The molecule has 2 fully saturated rings. The third kappa shape index (κ3) is 2.34. The van der Waals surface area contributed by atoms with E-state index in [4.69, 9.17) is 0 Å². The summed E-state index contributed by atoms with van der Waals surface area (Å²) < 4.78 is 1.03. The topological polar surface area (TPSA) is 35.5 Å². The predicted octanol–water partition coefficient (Wildman–Crippen LogP) is 1.81. The van der Waals surface area contributed by atoms with Gasteiger partial charge in [0.15, 0.2) is 0 Å². The number of rotatable bonds is 2. The molecule has 2 saturated heterocycles. The second-order valence-corrected chi connectivity index (χ2v) is 6.06. The van der Waals surface area contributed by atoms with Gasteiger partial charge in [-0.1, -0.05) is 15.9 Å². The maximum atomic E-state index is 9.84. The Morgan fingerprint density at radius 2 is 2.00 bits per heavy atom. The summed E-state index contributed by atoms with van der Waals surface area (Å²) in [6.45, 7) is 5.49. The standard InChI is InChI=1S/C13H17BrN2O/c14-12-1-2-13(17)9(3-12)6-16-7-10-4-15-5-11(10)8-16/h1-3,10-11,15,17H,4-8H2/t10-,11+. The van der Waals surface area contributed by atoms with Gasteiger partial charge in [-0.3, -0.25) is 4.90 Å². The van der Waals surface area contributed by atoms with Crippen molar-refractivity contribution in [3.05, 3.63) is 28.2 Å². The van der Waals surface area contributed by atoms with Crippen LogP contribution in [0.5, 0.6) is 5.75 Å². The minimum atomic E-state index is 0.406. The fraction of sp³-hybridized carbons (Fsp3) is 0.538. The number of likely N-dealkylation sites (tertiary alicyclic amines) is 1. The Bertz CT molecular complexity index is 412. The van der Waals surface area contributed by atoms with E-state index in [1.54, 1.807) is 6.07 Å². The van der Waals surface area contributed by atoms with Gasteiger partial charge in [0.1, 0.15) is 5.75 Å². The van der Waals surface area contributed by atoms with Gasteiger partial charge in [0.25, 0.3) is 0 Å². The summed E-state index contributed by atoms with van der Waals surface area (Å²) in [6.07, 6.45) is 0. The van der Waals surface area contributed by atoms with Crippen molar-refractivity contribution in [2.75, 3.05) is 26.2 Å². The van der Waals surface area contributed by atoms with Crippen molar-refractivity contribution < 1.29 is 5.11 Å². The van der Waals surface area contributed by atoms with Crippen LogP contribution in [0.4, 0.5) is 0 Å². The second-order valence-electron chi connectivity index (χ2n) is 5.15. The van der Waals surface area contributed by atoms with Crippen molar-refractivity contribution in [1.29, 1.82) is 0 Å². The van der Waals surface area contributed by atoms with Crippen LogP contribution in [-0.2, 0) is 6.54 Å². The van der Waals surface area contributed by atoms with Gasteiger partial charge in [0, 0.05) is 29.7 Å². The zero-order valence-corrected chi connectivity index (χ0v) is 11.3. The minimum absolute atomic E-state index is 0.406. The van der Waals surface area contributed by atoms with Gasteiger partial charge in [-0.15, -0.1) is 0 Å². The van der Waals surface area contributed by atoms with Crippen LogP contribution in [0, 0.1) is 11.8 Å². The van der Waals surface area contributed by atoms with E-state index in [1.165, 1.54) is 0 Å². The Labute approximate surface area is 110 Å². The van der Waals surface area contributed by atoms with Gasteiger partial charge in [-0.2, -0.15) is 0 Å². The first-order valence-corrected chi connectivity index (χ1v) is 6.92. The second kappa shape index (κ2) is 4.59. The lowest BCUT2D eigenvalue weighted by atomic mass is 10.0. The maximum Gasteiger partial charge on any atom is 0.120 e. The van der Waals surface area contributed by atoms with E-state index < -0.39 is 0 Å². The molecule has 3 rings (SSSR count). The molecule has 92 valence electrons. The number of fused-ring (bicyclic) bond motifs is 1. The Kier molecular flexibility index (Phi) is 3.11. The molecule has 2 heterocycles. The van der Waals surface area contributed by atoms with Crippen molar-refractivity contribution >= 4 is 15.9 Å². The largest absolute Gasteiger partial charge is 0.508 e. The molecule has 2 atom stereocenters. The average Bonchev–Trinajstić information content (AvgIpc) is 2.83. The van der Waals surface area contributed by atoms with Crippen LogP contribution in [0.2, 0.25) is 0 Å². The number of nitrogens with zero attached hydrogens (tertiary/aromatic N) is 1. The molecule has 0 amide bonds. The third-order valence-electron chi connectivity index (χ3n) is 3.90.